The Hall–Kier alpha value is -1.25. The highest BCUT2D eigenvalue weighted by atomic mass is 16.5. The molecule has 0 spiro atoms. The summed E-state index contributed by atoms with van der Waals surface area (Å²) >= 11 is 0. The normalized spacial score (nSPS) is 17.4. The first-order chi connectivity index (χ1) is 8.98. The van der Waals surface area contributed by atoms with Gasteiger partial charge in [-0.3, -0.25) is 0 Å². The van der Waals surface area contributed by atoms with Gasteiger partial charge in [0.25, 0.3) is 0 Å². The van der Waals surface area contributed by atoms with Crippen LogP contribution >= 0.6 is 0 Å². The Morgan fingerprint density at radius 2 is 1.95 bits per heavy atom. The van der Waals surface area contributed by atoms with Gasteiger partial charge in [0.1, 0.15) is 0 Å². The van der Waals surface area contributed by atoms with Gasteiger partial charge >= 0.3 is 0 Å². The number of ether oxygens (including phenoxy) is 1. The Bertz CT molecular complexity index is 417. The van der Waals surface area contributed by atoms with Crippen molar-refractivity contribution >= 4 is 5.82 Å². The molecule has 1 heterocycles. The SMILES string of the molecule is CC(C)(C)c1ccnc(N)c1OCC1CCCCC1. The molecule has 0 bridgehead atoms. The summed E-state index contributed by atoms with van der Waals surface area (Å²) in [5.41, 5.74) is 7.17. The summed E-state index contributed by atoms with van der Waals surface area (Å²) in [6.07, 6.45) is 8.38. The van der Waals surface area contributed by atoms with Crippen LogP contribution in [0.4, 0.5) is 5.82 Å². The van der Waals surface area contributed by atoms with E-state index in [0.29, 0.717) is 11.7 Å². The lowest BCUT2D eigenvalue weighted by molar-refractivity contribution is 0.206. The molecule has 106 valence electrons. The predicted molar refractivity (Wildman–Crippen MR) is 79.4 cm³/mol. The number of hydrogen-bond acceptors (Lipinski definition) is 3. The maximum atomic E-state index is 6.05. The first kappa shape index (κ1) is 14.2. The predicted octanol–water partition coefficient (Wildman–Crippen LogP) is 3.92. The Kier molecular flexibility index (Phi) is 4.33. The second-order valence-corrected chi connectivity index (χ2v) is 6.64. The fraction of sp³-hybridized carbons (Fsp3) is 0.688. The van der Waals surface area contributed by atoms with Crippen LogP contribution in [0.1, 0.15) is 58.4 Å². The van der Waals surface area contributed by atoms with E-state index < -0.39 is 0 Å². The molecule has 3 heteroatoms. The molecule has 0 atom stereocenters. The van der Waals surface area contributed by atoms with Crippen LogP contribution in [0.5, 0.6) is 5.75 Å². The monoisotopic (exact) mass is 262 g/mol. The topological polar surface area (TPSA) is 48.1 Å². The zero-order valence-electron chi connectivity index (χ0n) is 12.4. The lowest BCUT2D eigenvalue weighted by Gasteiger charge is -2.26. The Balaban J connectivity index is 2.10. The van der Waals surface area contributed by atoms with Crippen molar-refractivity contribution in [3.63, 3.8) is 0 Å². The molecule has 1 saturated carbocycles. The summed E-state index contributed by atoms with van der Waals surface area (Å²) in [4.78, 5) is 4.17. The molecule has 0 saturated heterocycles. The molecule has 0 amide bonds. The third-order valence-corrected chi connectivity index (χ3v) is 3.93. The molecule has 19 heavy (non-hydrogen) atoms. The molecule has 2 N–H and O–H groups in total. The van der Waals surface area contributed by atoms with Crippen LogP contribution in [0.3, 0.4) is 0 Å². The number of pyridine rings is 1. The second-order valence-electron chi connectivity index (χ2n) is 6.64. The van der Waals surface area contributed by atoms with E-state index in [1.165, 1.54) is 32.1 Å². The number of aromatic nitrogens is 1. The third kappa shape index (κ3) is 3.62. The molecular weight excluding hydrogens is 236 g/mol. The van der Waals surface area contributed by atoms with Gasteiger partial charge in [-0.15, -0.1) is 0 Å². The summed E-state index contributed by atoms with van der Waals surface area (Å²) in [5, 5.41) is 0. The first-order valence-corrected chi connectivity index (χ1v) is 7.36. The average molecular weight is 262 g/mol. The minimum absolute atomic E-state index is 0.0267. The van der Waals surface area contributed by atoms with Gasteiger partial charge in [0.05, 0.1) is 6.61 Å². The van der Waals surface area contributed by atoms with Crippen LogP contribution in [0.25, 0.3) is 0 Å². The van der Waals surface area contributed by atoms with Gasteiger partial charge in [-0.2, -0.15) is 0 Å². The fourth-order valence-corrected chi connectivity index (χ4v) is 2.76. The molecule has 1 aromatic rings. The molecule has 0 radical (unpaired) electrons. The zero-order valence-corrected chi connectivity index (χ0v) is 12.4. The Labute approximate surface area is 116 Å². The summed E-state index contributed by atoms with van der Waals surface area (Å²) in [6.45, 7) is 7.30. The first-order valence-electron chi connectivity index (χ1n) is 7.36. The summed E-state index contributed by atoms with van der Waals surface area (Å²) in [5.74, 6) is 1.99. The number of anilines is 1. The van der Waals surface area contributed by atoms with Gasteiger partial charge in [-0.05, 0) is 30.2 Å². The van der Waals surface area contributed by atoms with Crippen molar-refractivity contribution in [2.24, 2.45) is 5.92 Å². The molecule has 1 aliphatic rings. The van der Waals surface area contributed by atoms with Crippen LogP contribution in [0.2, 0.25) is 0 Å². The molecule has 1 fully saturated rings. The molecule has 3 nitrogen and oxygen atoms in total. The number of nitrogens with two attached hydrogens (primary N) is 1. The number of rotatable bonds is 3. The van der Waals surface area contributed by atoms with E-state index in [-0.39, 0.29) is 5.41 Å². The van der Waals surface area contributed by atoms with Gasteiger partial charge < -0.3 is 10.5 Å². The maximum absolute atomic E-state index is 6.05. The average Bonchev–Trinajstić information content (AvgIpc) is 2.37. The molecule has 2 rings (SSSR count). The second kappa shape index (κ2) is 5.81. The van der Waals surface area contributed by atoms with Crippen molar-refractivity contribution in [3.8, 4) is 5.75 Å². The summed E-state index contributed by atoms with van der Waals surface area (Å²) in [7, 11) is 0. The minimum atomic E-state index is 0.0267. The van der Waals surface area contributed by atoms with Gasteiger partial charge in [-0.25, -0.2) is 4.98 Å². The number of nitrogens with zero attached hydrogens (tertiary/aromatic N) is 1. The fourth-order valence-electron chi connectivity index (χ4n) is 2.76. The lowest BCUT2D eigenvalue weighted by Crippen LogP contribution is -2.19. The quantitative estimate of drug-likeness (QED) is 0.898. The van der Waals surface area contributed by atoms with Crippen molar-refractivity contribution in [1.29, 1.82) is 0 Å². The highest BCUT2D eigenvalue weighted by molar-refractivity contribution is 5.53. The third-order valence-electron chi connectivity index (χ3n) is 3.93. The van der Waals surface area contributed by atoms with Crippen molar-refractivity contribution < 1.29 is 4.74 Å². The van der Waals surface area contributed by atoms with E-state index in [9.17, 15) is 0 Å². The van der Waals surface area contributed by atoms with Crippen LogP contribution in [0.15, 0.2) is 12.3 Å². The number of nitrogen functional groups attached to an aromatic ring is 1. The van der Waals surface area contributed by atoms with E-state index in [1.807, 2.05) is 6.07 Å². The molecule has 1 aromatic heterocycles. The van der Waals surface area contributed by atoms with E-state index in [4.69, 9.17) is 10.5 Å². The minimum Gasteiger partial charge on any atom is -0.489 e. The van der Waals surface area contributed by atoms with Crippen LogP contribution < -0.4 is 10.5 Å². The van der Waals surface area contributed by atoms with E-state index in [2.05, 4.69) is 25.8 Å². The molecule has 0 aliphatic heterocycles. The van der Waals surface area contributed by atoms with Gasteiger partial charge in [-0.1, -0.05) is 40.0 Å². The molecule has 1 aliphatic carbocycles. The van der Waals surface area contributed by atoms with Crippen molar-refractivity contribution in [2.45, 2.75) is 58.3 Å². The zero-order chi connectivity index (χ0) is 13.9. The number of hydrogen-bond donors (Lipinski definition) is 1. The smallest absolute Gasteiger partial charge is 0.166 e. The van der Waals surface area contributed by atoms with Crippen molar-refractivity contribution in [3.05, 3.63) is 17.8 Å². The van der Waals surface area contributed by atoms with Gasteiger partial charge in [0, 0.05) is 11.8 Å². The highest BCUT2D eigenvalue weighted by Gasteiger charge is 2.22. The highest BCUT2D eigenvalue weighted by Crippen LogP contribution is 2.35. The lowest BCUT2D eigenvalue weighted by atomic mass is 9.86. The van der Waals surface area contributed by atoms with Crippen molar-refractivity contribution in [1.82, 2.24) is 4.98 Å². The van der Waals surface area contributed by atoms with Crippen LogP contribution in [-0.2, 0) is 5.41 Å². The Morgan fingerprint density at radius 3 is 2.58 bits per heavy atom. The molecule has 0 aromatic carbocycles. The van der Waals surface area contributed by atoms with Crippen molar-refractivity contribution in [2.75, 3.05) is 12.3 Å². The van der Waals surface area contributed by atoms with Gasteiger partial charge in [0.2, 0.25) is 0 Å². The van der Waals surface area contributed by atoms with Crippen LogP contribution in [0, 0.1) is 5.92 Å². The maximum Gasteiger partial charge on any atom is 0.166 e. The van der Waals surface area contributed by atoms with E-state index in [0.717, 1.165) is 17.9 Å². The van der Waals surface area contributed by atoms with E-state index in [1.54, 1.807) is 6.20 Å². The molecule has 0 unspecified atom stereocenters. The standard InChI is InChI=1S/C16H26N2O/c1-16(2,3)13-9-10-18-15(17)14(13)19-11-12-7-5-4-6-8-12/h9-10,12H,4-8,11H2,1-3H3,(H2,17,18). The summed E-state index contributed by atoms with van der Waals surface area (Å²) < 4.78 is 6.05. The van der Waals surface area contributed by atoms with Gasteiger partial charge in [0.15, 0.2) is 11.6 Å². The van der Waals surface area contributed by atoms with Crippen LogP contribution in [-0.4, -0.2) is 11.6 Å². The molecular formula is C16H26N2O. The Morgan fingerprint density at radius 1 is 1.26 bits per heavy atom. The largest absolute Gasteiger partial charge is 0.489 e. The van der Waals surface area contributed by atoms with E-state index >= 15 is 0 Å². The summed E-state index contributed by atoms with van der Waals surface area (Å²) in [6, 6.07) is 2.02.